The van der Waals surface area contributed by atoms with Crippen LogP contribution in [0.2, 0.25) is 0 Å². The SMILES string of the molecule is Cc1ccc(NC(=O)COC(=O)CCc2nnc(-c3ccccc3)o2)cc1C. The summed E-state index contributed by atoms with van der Waals surface area (Å²) in [6.45, 7) is 3.62. The number of ether oxygens (including phenoxy) is 1. The summed E-state index contributed by atoms with van der Waals surface area (Å²) in [5, 5.41) is 10.6. The molecule has 0 radical (unpaired) electrons. The summed E-state index contributed by atoms with van der Waals surface area (Å²) in [6, 6.07) is 15.0. The zero-order valence-corrected chi connectivity index (χ0v) is 15.8. The van der Waals surface area contributed by atoms with E-state index in [2.05, 4.69) is 15.5 Å². The van der Waals surface area contributed by atoms with Crippen LogP contribution in [-0.4, -0.2) is 28.7 Å². The second kappa shape index (κ2) is 8.94. The summed E-state index contributed by atoms with van der Waals surface area (Å²) >= 11 is 0. The van der Waals surface area contributed by atoms with Crippen LogP contribution in [0.5, 0.6) is 0 Å². The van der Waals surface area contributed by atoms with E-state index in [1.165, 1.54) is 0 Å². The van der Waals surface area contributed by atoms with Crippen molar-refractivity contribution in [2.45, 2.75) is 26.7 Å². The van der Waals surface area contributed by atoms with E-state index in [1.54, 1.807) is 0 Å². The Morgan fingerprint density at radius 3 is 2.57 bits per heavy atom. The molecule has 7 nitrogen and oxygen atoms in total. The Morgan fingerprint density at radius 2 is 1.82 bits per heavy atom. The molecule has 0 aliphatic carbocycles. The van der Waals surface area contributed by atoms with Crippen LogP contribution in [0.4, 0.5) is 5.69 Å². The molecule has 1 amide bonds. The highest BCUT2D eigenvalue weighted by Crippen LogP contribution is 2.17. The van der Waals surface area contributed by atoms with Gasteiger partial charge in [0.25, 0.3) is 5.91 Å². The molecule has 0 spiro atoms. The highest BCUT2D eigenvalue weighted by molar-refractivity contribution is 5.92. The number of amides is 1. The zero-order chi connectivity index (χ0) is 19.9. The second-order valence-electron chi connectivity index (χ2n) is 6.37. The molecule has 0 fully saturated rings. The van der Waals surface area contributed by atoms with Crippen LogP contribution >= 0.6 is 0 Å². The van der Waals surface area contributed by atoms with Gasteiger partial charge < -0.3 is 14.5 Å². The standard InChI is InChI=1S/C21H21N3O4/c1-14-8-9-17(12-15(14)2)22-18(25)13-27-20(26)11-10-19-23-24-21(28-19)16-6-4-3-5-7-16/h3-9,12H,10-11,13H2,1-2H3,(H,22,25). The van der Waals surface area contributed by atoms with Crippen molar-refractivity contribution in [3.8, 4) is 11.5 Å². The number of hydrogen-bond acceptors (Lipinski definition) is 6. The topological polar surface area (TPSA) is 94.3 Å². The molecule has 0 bridgehead atoms. The van der Waals surface area contributed by atoms with Crippen molar-refractivity contribution in [3.05, 3.63) is 65.5 Å². The fourth-order valence-corrected chi connectivity index (χ4v) is 2.50. The summed E-state index contributed by atoms with van der Waals surface area (Å²) < 4.78 is 10.5. The second-order valence-corrected chi connectivity index (χ2v) is 6.37. The first-order valence-corrected chi connectivity index (χ1v) is 8.92. The monoisotopic (exact) mass is 379 g/mol. The Hall–Kier alpha value is -3.48. The molecule has 1 N–H and O–H groups in total. The number of aryl methyl sites for hydroxylation is 3. The van der Waals surface area contributed by atoms with E-state index in [0.717, 1.165) is 16.7 Å². The molecule has 2 aromatic carbocycles. The van der Waals surface area contributed by atoms with Gasteiger partial charge in [-0.2, -0.15) is 0 Å². The highest BCUT2D eigenvalue weighted by atomic mass is 16.5. The normalized spacial score (nSPS) is 10.5. The van der Waals surface area contributed by atoms with Crippen LogP contribution < -0.4 is 5.32 Å². The van der Waals surface area contributed by atoms with Crippen molar-refractivity contribution in [2.24, 2.45) is 0 Å². The lowest BCUT2D eigenvalue weighted by Crippen LogP contribution is -2.21. The number of anilines is 1. The van der Waals surface area contributed by atoms with Gasteiger partial charge in [0, 0.05) is 17.7 Å². The lowest BCUT2D eigenvalue weighted by atomic mass is 10.1. The van der Waals surface area contributed by atoms with Gasteiger partial charge in [0.15, 0.2) is 6.61 Å². The van der Waals surface area contributed by atoms with Gasteiger partial charge in [-0.25, -0.2) is 0 Å². The van der Waals surface area contributed by atoms with E-state index in [0.29, 0.717) is 17.5 Å². The summed E-state index contributed by atoms with van der Waals surface area (Å²) in [4.78, 5) is 23.8. The molecule has 0 saturated carbocycles. The Balaban J connectivity index is 1.42. The van der Waals surface area contributed by atoms with Crippen LogP contribution in [0, 0.1) is 13.8 Å². The number of benzene rings is 2. The van der Waals surface area contributed by atoms with Gasteiger partial charge in [-0.05, 0) is 49.2 Å². The van der Waals surface area contributed by atoms with Gasteiger partial charge >= 0.3 is 5.97 Å². The fraction of sp³-hybridized carbons (Fsp3) is 0.238. The van der Waals surface area contributed by atoms with E-state index in [1.807, 2.05) is 62.4 Å². The van der Waals surface area contributed by atoms with Crippen molar-refractivity contribution < 1.29 is 18.7 Å². The van der Waals surface area contributed by atoms with Gasteiger partial charge in [-0.15, -0.1) is 10.2 Å². The Kier molecular flexibility index (Phi) is 6.16. The maximum atomic E-state index is 11.9. The Morgan fingerprint density at radius 1 is 1.04 bits per heavy atom. The fourth-order valence-electron chi connectivity index (χ4n) is 2.50. The van der Waals surface area contributed by atoms with Crippen LogP contribution in [0.15, 0.2) is 52.9 Å². The number of hydrogen-bond donors (Lipinski definition) is 1. The maximum absolute atomic E-state index is 11.9. The van der Waals surface area contributed by atoms with E-state index in [-0.39, 0.29) is 25.4 Å². The average molecular weight is 379 g/mol. The number of esters is 1. The molecule has 0 aliphatic rings. The quantitative estimate of drug-likeness (QED) is 0.632. The van der Waals surface area contributed by atoms with Crippen LogP contribution in [0.25, 0.3) is 11.5 Å². The van der Waals surface area contributed by atoms with Gasteiger partial charge in [-0.3, -0.25) is 9.59 Å². The molecule has 0 unspecified atom stereocenters. The summed E-state index contributed by atoms with van der Waals surface area (Å²) in [5.74, 6) is -0.150. The van der Waals surface area contributed by atoms with Crippen LogP contribution in [0.3, 0.4) is 0 Å². The van der Waals surface area contributed by atoms with Gasteiger partial charge in [-0.1, -0.05) is 24.3 Å². The first kappa shape index (κ1) is 19.3. The summed E-state index contributed by atoms with van der Waals surface area (Å²) in [6.07, 6.45) is 0.296. The number of carbonyl (C=O) groups is 2. The molecule has 0 saturated heterocycles. The van der Waals surface area contributed by atoms with Crippen LogP contribution in [0.1, 0.15) is 23.4 Å². The van der Waals surface area contributed by atoms with Gasteiger partial charge in [0.1, 0.15) is 0 Å². The van der Waals surface area contributed by atoms with Crippen molar-refractivity contribution in [3.63, 3.8) is 0 Å². The third-order valence-electron chi connectivity index (χ3n) is 4.19. The molecular formula is C21H21N3O4. The number of nitrogens with one attached hydrogen (secondary N) is 1. The molecule has 7 heteroatoms. The molecule has 1 aromatic heterocycles. The minimum absolute atomic E-state index is 0.0490. The smallest absolute Gasteiger partial charge is 0.306 e. The molecule has 144 valence electrons. The van der Waals surface area contributed by atoms with Crippen molar-refractivity contribution in [1.82, 2.24) is 10.2 Å². The molecule has 0 aliphatic heterocycles. The molecule has 3 rings (SSSR count). The predicted molar refractivity (Wildman–Crippen MR) is 104 cm³/mol. The minimum Gasteiger partial charge on any atom is -0.456 e. The molecule has 28 heavy (non-hydrogen) atoms. The molecule has 3 aromatic rings. The third kappa shape index (κ3) is 5.26. The van der Waals surface area contributed by atoms with E-state index in [4.69, 9.17) is 9.15 Å². The first-order valence-electron chi connectivity index (χ1n) is 8.92. The number of carbonyl (C=O) groups excluding carboxylic acids is 2. The van der Waals surface area contributed by atoms with Gasteiger partial charge in [0.05, 0.1) is 6.42 Å². The lowest BCUT2D eigenvalue weighted by Gasteiger charge is -2.08. The van der Waals surface area contributed by atoms with E-state index in [9.17, 15) is 9.59 Å². The van der Waals surface area contributed by atoms with Crippen molar-refractivity contribution in [2.75, 3.05) is 11.9 Å². The zero-order valence-electron chi connectivity index (χ0n) is 15.8. The highest BCUT2D eigenvalue weighted by Gasteiger charge is 2.12. The predicted octanol–water partition coefficient (Wildman–Crippen LogP) is 3.47. The minimum atomic E-state index is -0.505. The Bertz CT molecular complexity index is 967. The number of aromatic nitrogens is 2. The number of nitrogens with zero attached hydrogens (tertiary/aromatic N) is 2. The molecular weight excluding hydrogens is 358 g/mol. The third-order valence-corrected chi connectivity index (χ3v) is 4.19. The summed E-state index contributed by atoms with van der Waals surface area (Å²) in [7, 11) is 0. The van der Waals surface area contributed by atoms with E-state index >= 15 is 0 Å². The summed E-state index contributed by atoms with van der Waals surface area (Å²) in [5.41, 5.74) is 3.69. The van der Waals surface area contributed by atoms with Crippen molar-refractivity contribution in [1.29, 1.82) is 0 Å². The maximum Gasteiger partial charge on any atom is 0.306 e. The average Bonchev–Trinajstić information content (AvgIpc) is 3.17. The van der Waals surface area contributed by atoms with Crippen LogP contribution in [-0.2, 0) is 20.7 Å². The van der Waals surface area contributed by atoms with Crippen molar-refractivity contribution >= 4 is 17.6 Å². The molecule has 0 atom stereocenters. The van der Waals surface area contributed by atoms with Gasteiger partial charge in [0.2, 0.25) is 11.8 Å². The molecule has 1 heterocycles. The Labute approximate surface area is 162 Å². The first-order chi connectivity index (χ1) is 13.5. The largest absolute Gasteiger partial charge is 0.456 e. The number of rotatable bonds is 7. The lowest BCUT2D eigenvalue weighted by molar-refractivity contribution is -0.147. The van der Waals surface area contributed by atoms with E-state index < -0.39 is 5.97 Å².